The summed E-state index contributed by atoms with van der Waals surface area (Å²) >= 11 is 9.75. The van der Waals surface area contributed by atoms with E-state index in [4.69, 9.17) is 11.6 Å². The number of aryl methyl sites for hydroxylation is 1. The molecule has 0 fully saturated rings. The SMILES string of the molecule is CCC(C)NC(=O)C(Cc1ccccc1)N(Cc1cccc(Cl)c1)C(=O)CN(c1cccc(Br)c1)S(=O)(=O)c1ccc(C)cc1. The van der Waals surface area contributed by atoms with Crippen LogP contribution in [0.25, 0.3) is 0 Å². The summed E-state index contributed by atoms with van der Waals surface area (Å²) in [4.78, 5) is 29.9. The second-order valence-electron chi connectivity index (χ2n) is 11.0. The van der Waals surface area contributed by atoms with E-state index in [0.717, 1.165) is 15.4 Å². The molecule has 236 valence electrons. The number of sulfonamides is 1. The Morgan fingerprint density at radius 3 is 2.20 bits per heavy atom. The average Bonchev–Trinajstić information content (AvgIpc) is 3.02. The Hall–Kier alpha value is -3.66. The third-order valence-corrected chi connectivity index (χ3v) is 10.0. The highest BCUT2D eigenvalue weighted by molar-refractivity contribution is 9.10. The lowest BCUT2D eigenvalue weighted by Gasteiger charge is -2.34. The van der Waals surface area contributed by atoms with Gasteiger partial charge in [-0.15, -0.1) is 0 Å². The molecule has 0 aliphatic heterocycles. The third-order valence-electron chi connectivity index (χ3n) is 7.50. The topological polar surface area (TPSA) is 86.8 Å². The molecule has 4 rings (SSSR count). The zero-order chi connectivity index (χ0) is 32.6. The molecule has 0 heterocycles. The Labute approximate surface area is 279 Å². The van der Waals surface area contributed by atoms with E-state index >= 15 is 0 Å². The van der Waals surface area contributed by atoms with Gasteiger partial charge in [0, 0.05) is 28.5 Å². The zero-order valence-corrected chi connectivity index (χ0v) is 28.6. The highest BCUT2D eigenvalue weighted by Crippen LogP contribution is 2.28. The molecule has 2 amide bonds. The van der Waals surface area contributed by atoms with Crippen LogP contribution in [0.1, 0.15) is 37.0 Å². The van der Waals surface area contributed by atoms with E-state index in [1.54, 1.807) is 54.6 Å². The molecule has 4 aromatic rings. The molecule has 0 aromatic heterocycles. The fourth-order valence-corrected chi connectivity index (χ4v) is 6.83. The van der Waals surface area contributed by atoms with Crippen molar-refractivity contribution < 1.29 is 18.0 Å². The molecule has 0 saturated heterocycles. The van der Waals surface area contributed by atoms with E-state index in [0.29, 0.717) is 27.2 Å². The lowest BCUT2D eigenvalue weighted by Crippen LogP contribution is -2.54. The van der Waals surface area contributed by atoms with E-state index < -0.39 is 28.5 Å². The summed E-state index contributed by atoms with van der Waals surface area (Å²) in [7, 11) is -4.18. The summed E-state index contributed by atoms with van der Waals surface area (Å²) in [5.41, 5.74) is 2.79. The van der Waals surface area contributed by atoms with Crippen molar-refractivity contribution in [3.8, 4) is 0 Å². The van der Waals surface area contributed by atoms with E-state index in [-0.39, 0.29) is 29.8 Å². The van der Waals surface area contributed by atoms with Crippen LogP contribution in [0.3, 0.4) is 0 Å². The van der Waals surface area contributed by atoms with Gasteiger partial charge < -0.3 is 10.2 Å². The number of amides is 2. The Morgan fingerprint density at radius 1 is 0.889 bits per heavy atom. The number of carbonyl (C=O) groups is 2. The van der Waals surface area contributed by atoms with Crippen molar-refractivity contribution in [2.24, 2.45) is 0 Å². The quantitative estimate of drug-likeness (QED) is 0.160. The number of benzene rings is 4. The van der Waals surface area contributed by atoms with E-state index in [2.05, 4.69) is 21.2 Å². The molecular formula is C35H37BrClN3O4S. The van der Waals surface area contributed by atoms with Crippen molar-refractivity contribution in [3.05, 3.63) is 129 Å². The smallest absolute Gasteiger partial charge is 0.264 e. The van der Waals surface area contributed by atoms with Crippen molar-refractivity contribution in [2.75, 3.05) is 10.8 Å². The zero-order valence-electron chi connectivity index (χ0n) is 25.5. The lowest BCUT2D eigenvalue weighted by molar-refractivity contribution is -0.140. The second kappa shape index (κ2) is 15.6. The molecule has 2 unspecified atom stereocenters. The molecule has 7 nitrogen and oxygen atoms in total. The summed E-state index contributed by atoms with van der Waals surface area (Å²) < 4.78 is 30.0. The van der Waals surface area contributed by atoms with Crippen LogP contribution in [0.4, 0.5) is 5.69 Å². The van der Waals surface area contributed by atoms with Crippen molar-refractivity contribution in [1.82, 2.24) is 10.2 Å². The maximum Gasteiger partial charge on any atom is 0.264 e. The van der Waals surface area contributed by atoms with Gasteiger partial charge >= 0.3 is 0 Å². The molecule has 0 aliphatic rings. The number of halogens is 2. The molecule has 4 aromatic carbocycles. The molecule has 1 N–H and O–H groups in total. The first kappa shape index (κ1) is 34.2. The van der Waals surface area contributed by atoms with Crippen molar-refractivity contribution in [3.63, 3.8) is 0 Å². The second-order valence-corrected chi connectivity index (χ2v) is 14.2. The molecule has 0 radical (unpaired) electrons. The Balaban J connectivity index is 1.81. The van der Waals surface area contributed by atoms with Crippen LogP contribution < -0.4 is 9.62 Å². The van der Waals surface area contributed by atoms with Crippen LogP contribution >= 0.6 is 27.5 Å². The highest BCUT2D eigenvalue weighted by atomic mass is 79.9. The van der Waals surface area contributed by atoms with Gasteiger partial charge in [-0.25, -0.2) is 8.42 Å². The third kappa shape index (κ3) is 9.19. The van der Waals surface area contributed by atoms with Crippen LogP contribution in [-0.4, -0.2) is 43.8 Å². The number of nitrogens with zero attached hydrogens (tertiary/aromatic N) is 2. The van der Waals surface area contributed by atoms with E-state index in [1.807, 2.05) is 57.2 Å². The number of anilines is 1. The maximum absolute atomic E-state index is 14.5. The average molecular weight is 711 g/mol. The summed E-state index contributed by atoms with van der Waals surface area (Å²) in [6, 6.07) is 28.8. The predicted molar refractivity (Wildman–Crippen MR) is 184 cm³/mol. The van der Waals surface area contributed by atoms with Crippen LogP contribution in [0.5, 0.6) is 0 Å². The van der Waals surface area contributed by atoms with Gasteiger partial charge in [-0.3, -0.25) is 13.9 Å². The van der Waals surface area contributed by atoms with Gasteiger partial charge in [0.25, 0.3) is 10.0 Å². The van der Waals surface area contributed by atoms with Gasteiger partial charge in [0.2, 0.25) is 11.8 Å². The molecule has 45 heavy (non-hydrogen) atoms. The van der Waals surface area contributed by atoms with Crippen molar-refractivity contribution in [2.45, 2.75) is 57.1 Å². The van der Waals surface area contributed by atoms with Gasteiger partial charge in [-0.05, 0) is 73.9 Å². The largest absolute Gasteiger partial charge is 0.352 e. The van der Waals surface area contributed by atoms with E-state index in [9.17, 15) is 18.0 Å². The van der Waals surface area contributed by atoms with Crippen LogP contribution in [-0.2, 0) is 32.6 Å². The summed E-state index contributed by atoms with van der Waals surface area (Å²) in [5, 5.41) is 3.53. The van der Waals surface area contributed by atoms with E-state index in [1.165, 1.54) is 17.0 Å². The van der Waals surface area contributed by atoms with Crippen LogP contribution in [0.2, 0.25) is 5.02 Å². The highest BCUT2D eigenvalue weighted by Gasteiger charge is 2.35. The normalized spacial score (nSPS) is 12.6. The number of nitrogens with one attached hydrogen (secondary N) is 1. The monoisotopic (exact) mass is 709 g/mol. The minimum Gasteiger partial charge on any atom is -0.352 e. The van der Waals surface area contributed by atoms with Gasteiger partial charge in [0.1, 0.15) is 12.6 Å². The van der Waals surface area contributed by atoms with Crippen molar-refractivity contribution >= 4 is 55.1 Å². The minimum absolute atomic E-state index is 0.0434. The molecule has 10 heteroatoms. The van der Waals surface area contributed by atoms with Gasteiger partial charge in [-0.1, -0.05) is 101 Å². The standard InChI is InChI=1S/C35H37BrClN3O4S/c1-4-26(3)38-35(42)33(21-27-10-6-5-7-11-27)39(23-28-12-8-14-30(37)20-28)34(41)24-40(31-15-9-13-29(36)22-31)45(43,44)32-18-16-25(2)17-19-32/h5-20,22,26,33H,4,21,23-24H2,1-3H3,(H,38,42). The van der Waals surface area contributed by atoms with Crippen LogP contribution in [0.15, 0.2) is 112 Å². The van der Waals surface area contributed by atoms with Gasteiger partial charge in [0.05, 0.1) is 10.6 Å². The molecule has 0 spiro atoms. The lowest BCUT2D eigenvalue weighted by atomic mass is 10.0. The summed E-state index contributed by atoms with van der Waals surface area (Å²) in [6.45, 7) is 5.26. The first-order valence-corrected chi connectivity index (χ1v) is 17.3. The van der Waals surface area contributed by atoms with Gasteiger partial charge in [0.15, 0.2) is 0 Å². The molecular weight excluding hydrogens is 674 g/mol. The van der Waals surface area contributed by atoms with Crippen molar-refractivity contribution in [1.29, 1.82) is 0 Å². The predicted octanol–water partition coefficient (Wildman–Crippen LogP) is 7.16. The number of carbonyl (C=O) groups excluding carboxylic acids is 2. The van der Waals surface area contributed by atoms with Gasteiger partial charge in [-0.2, -0.15) is 0 Å². The summed E-state index contributed by atoms with van der Waals surface area (Å²) in [5.74, 6) is -0.857. The van der Waals surface area contributed by atoms with Crippen LogP contribution in [0, 0.1) is 6.92 Å². The Kier molecular flexibility index (Phi) is 11.8. The fourth-order valence-electron chi connectivity index (χ4n) is 4.82. The number of rotatable bonds is 13. The maximum atomic E-state index is 14.5. The Bertz CT molecular complexity index is 1720. The number of hydrogen-bond donors (Lipinski definition) is 1. The Morgan fingerprint density at radius 2 is 1.56 bits per heavy atom. The molecule has 0 aliphatic carbocycles. The molecule has 0 saturated carbocycles. The first-order valence-electron chi connectivity index (χ1n) is 14.7. The first-order chi connectivity index (χ1) is 21.5. The minimum atomic E-state index is -4.18. The molecule has 2 atom stereocenters. The fraction of sp³-hybridized carbons (Fsp3) is 0.257. The summed E-state index contributed by atoms with van der Waals surface area (Å²) in [6.07, 6.45) is 0.939. The number of hydrogen-bond acceptors (Lipinski definition) is 4. The molecule has 0 bridgehead atoms.